The van der Waals surface area contributed by atoms with Gasteiger partial charge in [-0.15, -0.1) is 0 Å². The number of carbonyl (C=O) groups is 1. The number of benzene rings is 1. The molecule has 2 N–H and O–H groups in total. The maximum absolute atomic E-state index is 13.4. The van der Waals surface area contributed by atoms with E-state index in [1.54, 1.807) is 12.1 Å². The van der Waals surface area contributed by atoms with Crippen LogP contribution in [0.15, 0.2) is 22.7 Å². The van der Waals surface area contributed by atoms with Crippen LogP contribution >= 0.6 is 15.9 Å². The van der Waals surface area contributed by atoms with Crippen LogP contribution in [0.25, 0.3) is 0 Å². The summed E-state index contributed by atoms with van der Waals surface area (Å²) in [6, 6.07) is 4.79. The van der Waals surface area contributed by atoms with Crippen molar-refractivity contribution in [1.29, 1.82) is 0 Å². The number of rotatable bonds is 4. The van der Waals surface area contributed by atoms with Crippen molar-refractivity contribution >= 4 is 21.7 Å². The van der Waals surface area contributed by atoms with Crippen LogP contribution in [0.1, 0.15) is 31.2 Å². The van der Waals surface area contributed by atoms with Crippen LogP contribution in [-0.2, 0) is 11.2 Å². The molecule has 1 aromatic rings. The van der Waals surface area contributed by atoms with E-state index in [2.05, 4.69) is 15.9 Å². The molecule has 0 spiro atoms. The van der Waals surface area contributed by atoms with Crippen molar-refractivity contribution in [2.24, 2.45) is 11.1 Å². The SMILES string of the molecule is NCC1(C(=O)Cc2cccc(F)c2Br)CCCC1. The van der Waals surface area contributed by atoms with E-state index in [0.717, 1.165) is 25.7 Å². The molecule has 1 aromatic carbocycles. The highest BCUT2D eigenvalue weighted by atomic mass is 79.9. The van der Waals surface area contributed by atoms with Gasteiger partial charge in [0.05, 0.1) is 4.47 Å². The standard InChI is InChI=1S/C14H17BrFNO/c15-13-10(4-3-5-11(13)16)8-12(18)14(9-17)6-1-2-7-14/h3-5H,1-2,6-9,17H2. The van der Waals surface area contributed by atoms with Gasteiger partial charge >= 0.3 is 0 Å². The molecule has 0 unspecified atom stereocenters. The molecular formula is C14H17BrFNO. The van der Waals surface area contributed by atoms with Gasteiger partial charge in [0.25, 0.3) is 0 Å². The molecular weight excluding hydrogens is 297 g/mol. The summed E-state index contributed by atoms with van der Waals surface area (Å²) in [7, 11) is 0. The van der Waals surface area contributed by atoms with Gasteiger partial charge in [0, 0.05) is 18.4 Å². The molecule has 98 valence electrons. The van der Waals surface area contributed by atoms with Gasteiger partial charge in [-0.3, -0.25) is 4.79 Å². The maximum Gasteiger partial charge on any atom is 0.144 e. The fraction of sp³-hybridized carbons (Fsp3) is 0.500. The molecule has 18 heavy (non-hydrogen) atoms. The lowest BCUT2D eigenvalue weighted by Gasteiger charge is -2.25. The summed E-state index contributed by atoms with van der Waals surface area (Å²) in [4.78, 5) is 12.4. The van der Waals surface area contributed by atoms with E-state index < -0.39 is 0 Å². The first-order valence-corrected chi connectivity index (χ1v) is 7.05. The molecule has 0 aromatic heterocycles. The summed E-state index contributed by atoms with van der Waals surface area (Å²) >= 11 is 3.20. The lowest BCUT2D eigenvalue weighted by Crippen LogP contribution is -2.37. The summed E-state index contributed by atoms with van der Waals surface area (Å²) in [6.07, 6.45) is 4.13. The molecule has 4 heteroatoms. The maximum atomic E-state index is 13.4. The predicted octanol–water partition coefficient (Wildman–Crippen LogP) is 3.22. The molecule has 0 radical (unpaired) electrons. The molecule has 0 bridgehead atoms. The second-order valence-electron chi connectivity index (χ2n) is 5.00. The Hall–Kier alpha value is -0.740. The lowest BCUT2D eigenvalue weighted by molar-refractivity contribution is -0.127. The van der Waals surface area contributed by atoms with Gasteiger partial charge in [0.2, 0.25) is 0 Å². The van der Waals surface area contributed by atoms with Crippen LogP contribution in [0.5, 0.6) is 0 Å². The molecule has 1 aliphatic carbocycles. The van der Waals surface area contributed by atoms with Crippen LogP contribution in [0, 0.1) is 11.2 Å². The molecule has 0 aliphatic heterocycles. The van der Waals surface area contributed by atoms with Gasteiger partial charge in [-0.2, -0.15) is 0 Å². The van der Waals surface area contributed by atoms with Gasteiger partial charge in [-0.05, 0) is 40.4 Å². The van der Waals surface area contributed by atoms with Crippen molar-refractivity contribution in [2.45, 2.75) is 32.1 Å². The molecule has 2 nitrogen and oxygen atoms in total. The monoisotopic (exact) mass is 313 g/mol. The third-order valence-electron chi connectivity index (χ3n) is 3.93. The van der Waals surface area contributed by atoms with Crippen molar-refractivity contribution in [2.75, 3.05) is 6.54 Å². The molecule has 1 fully saturated rings. The Labute approximate surface area is 115 Å². The summed E-state index contributed by atoms with van der Waals surface area (Å²) in [5, 5.41) is 0. The Morgan fingerprint density at radius 1 is 1.39 bits per heavy atom. The zero-order valence-corrected chi connectivity index (χ0v) is 11.8. The van der Waals surface area contributed by atoms with E-state index in [1.165, 1.54) is 6.07 Å². The minimum absolute atomic E-state index is 0.147. The van der Waals surface area contributed by atoms with Crippen LogP contribution in [0.2, 0.25) is 0 Å². The van der Waals surface area contributed by atoms with E-state index in [4.69, 9.17) is 5.73 Å². The van der Waals surface area contributed by atoms with E-state index in [1.807, 2.05) is 0 Å². The third kappa shape index (κ3) is 2.50. The van der Waals surface area contributed by atoms with Gasteiger partial charge in [-0.25, -0.2) is 4.39 Å². The Bertz CT molecular complexity index is 455. The number of halogens is 2. The Morgan fingerprint density at radius 2 is 2.06 bits per heavy atom. The zero-order valence-electron chi connectivity index (χ0n) is 10.2. The molecule has 0 atom stereocenters. The van der Waals surface area contributed by atoms with Gasteiger partial charge < -0.3 is 5.73 Å². The number of hydrogen-bond acceptors (Lipinski definition) is 2. The topological polar surface area (TPSA) is 43.1 Å². The van der Waals surface area contributed by atoms with E-state index in [0.29, 0.717) is 16.6 Å². The summed E-state index contributed by atoms with van der Waals surface area (Å²) in [5.74, 6) is -0.178. The predicted molar refractivity (Wildman–Crippen MR) is 72.8 cm³/mol. The first kappa shape index (κ1) is 13.7. The van der Waals surface area contributed by atoms with Gasteiger partial charge in [0.15, 0.2) is 0 Å². The fourth-order valence-electron chi connectivity index (χ4n) is 2.69. The Kier molecular flexibility index (Phi) is 4.17. The minimum Gasteiger partial charge on any atom is -0.329 e. The number of hydrogen-bond donors (Lipinski definition) is 1. The second kappa shape index (κ2) is 5.49. The quantitative estimate of drug-likeness (QED) is 0.927. The number of carbonyl (C=O) groups excluding carboxylic acids is 1. The first-order valence-electron chi connectivity index (χ1n) is 6.25. The smallest absolute Gasteiger partial charge is 0.144 e. The van der Waals surface area contributed by atoms with Gasteiger partial charge in [0.1, 0.15) is 11.6 Å². The first-order chi connectivity index (χ1) is 8.59. The van der Waals surface area contributed by atoms with Gasteiger partial charge in [-0.1, -0.05) is 25.0 Å². The molecule has 0 amide bonds. The van der Waals surface area contributed by atoms with E-state index in [-0.39, 0.29) is 23.4 Å². The minimum atomic E-state index is -0.369. The van der Waals surface area contributed by atoms with Crippen LogP contribution in [0.4, 0.5) is 4.39 Å². The average molecular weight is 314 g/mol. The Balaban J connectivity index is 2.18. The molecule has 1 aliphatic rings. The highest BCUT2D eigenvalue weighted by Gasteiger charge is 2.39. The molecule has 0 saturated heterocycles. The summed E-state index contributed by atoms with van der Waals surface area (Å²) in [6.45, 7) is 0.402. The number of nitrogens with two attached hydrogens (primary N) is 1. The molecule has 1 saturated carbocycles. The lowest BCUT2D eigenvalue weighted by atomic mass is 9.79. The number of Topliss-reactive ketones (excluding diaryl/α,β-unsaturated/α-hetero) is 1. The largest absolute Gasteiger partial charge is 0.329 e. The van der Waals surface area contributed by atoms with Crippen molar-refractivity contribution in [1.82, 2.24) is 0 Å². The molecule has 2 rings (SSSR count). The normalized spacial score (nSPS) is 17.9. The highest BCUT2D eigenvalue weighted by Crippen LogP contribution is 2.39. The average Bonchev–Trinajstić information content (AvgIpc) is 2.85. The summed E-state index contributed by atoms with van der Waals surface area (Å²) in [5.41, 5.74) is 6.12. The van der Waals surface area contributed by atoms with Crippen molar-refractivity contribution in [3.05, 3.63) is 34.1 Å². The third-order valence-corrected chi connectivity index (χ3v) is 4.81. The summed E-state index contributed by atoms with van der Waals surface area (Å²) < 4.78 is 13.8. The van der Waals surface area contributed by atoms with E-state index >= 15 is 0 Å². The molecule has 0 heterocycles. The number of ketones is 1. The van der Waals surface area contributed by atoms with Crippen LogP contribution in [0.3, 0.4) is 0 Å². The Morgan fingerprint density at radius 3 is 2.67 bits per heavy atom. The fourth-order valence-corrected chi connectivity index (χ4v) is 3.10. The van der Waals surface area contributed by atoms with Crippen LogP contribution in [-0.4, -0.2) is 12.3 Å². The van der Waals surface area contributed by atoms with Crippen molar-refractivity contribution < 1.29 is 9.18 Å². The zero-order chi connectivity index (χ0) is 13.2. The van der Waals surface area contributed by atoms with Crippen LogP contribution < -0.4 is 5.73 Å². The van der Waals surface area contributed by atoms with Crippen molar-refractivity contribution in [3.63, 3.8) is 0 Å². The second-order valence-corrected chi connectivity index (χ2v) is 5.80. The van der Waals surface area contributed by atoms with E-state index in [9.17, 15) is 9.18 Å². The highest BCUT2D eigenvalue weighted by molar-refractivity contribution is 9.10. The van der Waals surface area contributed by atoms with Crippen molar-refractivity contribution in [3.8, 4) is 0 Å².